The number of hydrogen-bond donors (Lipinski definition) is 2. The molecule has 0 spiro atoms. The topological polar surface area (TPSA) is 59.1 Å². The van der Waals surface area contributed by atoms with Gasteiger partial charge in [0.1, 0.15) is 23.7 Å². The molecule has 0 aliphatic heterocycles. The molecule has 134 valence electrons. The van der Waals surface area contributed by atoms with Gasteiger partial charge in [-0.1, -0.05) is 0 Å². The van der Waals surface area contributed by atoms with Crippen LogP contribution in [0, 0.1) is 0 Å². The molecule has 26 heavy (non-hydrogen) atoms. The van der Waals surface area contributed by atoms with Crippen LogP contribution in [0.5, 0.6) is 5.75 Å². The minimum atomic E-state index is -4.36. The number of halogens is 3. The molecule has 1 aromatic heterocycles. The van der Waals surface area contributed by atoms with E-state index < -0.39 is 11.7 Å². The molecule has 3 rings (SSSR count). The van der Waals surface area contributed by atoms with Crippen molar-refractivity contribution in [1.82, 2.24) is 9.97 Å². The first-order valence-corrected chi connectivity index (χ1v) is 7.61. The van der Waals surface area contributed by atoms with Gasteiger partial charge in [-0.25, -0.2) is 9.97 Å². The van der Waals surface area contributed by atoms with Crippen molar-refractivity contribution in [2.75, 3.05) is 17.7 Å². The first-order chi connectivity index (χ1) is 12.4. The maximum absolute atomic E-state index is 12.6. The van der Waals surface area contributed by atoms with Gasteiger partial charge in [0.2, 0.25) is 0 Å². The summed E-state index contributed by atoms with van der Waals surface area (Å²) in [6.45, 7) is 0. The van der Waals surface area contributed by atoms with Crippen LogP contribution < -0.4 is 15.4 Å². The molecule has 2 N–H and O–H groups in total. The molecule has 0 radical (unpaired) electrons. The van der Waals surface area contributed by atoms with Crippen molar-refractivity contribution in [3.8, 4) is 5.75 Å². The van der Waals surface area contributed by atoms with E-state index in [1.54, 1.807) is 13.2 Å². The summed E-state index contributed by atoms with van der Waals surface area (Å²) in [7, 11) is 1.59. The highest BCUT2D eigenvalue weighted by atomic mass is 19.4. The predicted octanol–water partition coefficient (Wildman–Crippen LogP) is 4.99. The Balaban J connectivity index is 1.70. The van der Waals surface area contributed by atoms with Gasteiger partial charge in [-0.05, 0) is 48.5 Å². The average Bonchev–Trinajstić information content (AvgIpc) is 2.62. The van der Waals surface area contributed by atoms with Crippen LogP contribution in [0.4, 0.5) is 36.2 Å². The number of hydrogen-bond acceptors (Lipinski definition) is 5. The smallest absolute Gasteiger partial charge is 0.416 e. The number of nitrogens with one attached hydrogen (secondary N) is 2. The molecule has 0 bridgehead atoms. The fourth-order valence-corrected chi connectivity index (χ4v) is 2.21. The molecule has 1 heterocycles. The summed E-state index contributed by atoms with van der Waals surface area (Å²) < 4.78 is 42.9. The van der Waals surface area contributed by atoms with Crippen molar-refractivity contribution in [3.63, 3.8) is 0 Å². The van der Waals surface area contributed by atoms with Crippen molar-refractivity contribution in [2.45, 2.75) is 6.18 Å². The summed E-state index contributed by atoms with van der Waals surface area (Å²) in [6, 6.07) is 13.7. The Hall–Kier alpha value is -3.29. The van der Waals surface area contributed by atoms with E-state index in [0.29, 0.717) is 17.3 Å². The maximum Gasteiger partial charge on any atom is 0.416 e. The SMILES string of the molecule is COc1ccc(Nc2cc(Nc3ccc(C(F)(F)F)cc3)ncn2)cc1. The lowest BCUT2D eigenvalue weighted by molar-refractivity contribution is -0.137. The molecule has 0 atom stereocenters. The molecule has 0 amide bonds. The first-order valence-electron chi connectivity index (χ1n) is 7.61. The summed E-state index contributed by atoms with van der Waals surface area (Å²) in [5.74, 6) is 1.73. The van der Waals surface area contributed by atoms with Gasteiger partial charge < -0.3 is 15.4 Å². The van der Waals surface area contributed by atoms with Gasteiger partial charge in [0.15, 0.2) is 0 Å². The maximum atomic E-state index is 12.6. The minimum absolute atomic E-state index is 0.454. The average molecular weight is 360 g/mol. The van der Waals surface area contributed by atoms with Crippen LogP contribution in [0.1, 0.15) is 5.56 Å². The Kier molecular flexibility index (Phi) is 4.92. The van der Waals surface area contributed by atoms with E-state index in [0.717, 1.165) is 23.6 Å². The molecular formula is C18H15F3N4O. The quantitative estimate of drug-likeness (QED) is 0.671. The summed E-state index contributed by atoms with van der Waals surface area (Å²) in [5.41, 5.74) is 0.602. The Labute approximate surface area is 147 Å². The second-order valence-corrected chi connectivity index (χ2v) is 5.34. The first kappa shape index (κ1) is 17.5. The van der Waals surface area contributed by atoms with Gasteiger partial charge in [-0.15, -0.1) is 0 Å². The fraction of sp³-hybridized carbons (Fsp3) is 0.111. The summed E-state index contributed by atoms with van der Waals surface area (Å²) >= 11 is 0. The molecule has 2 aromatic carbocycles. The third-order valence-electron chi connectivity index (χ3n) is 3.51. The lowest BCUT2D eigenvalue weighted by Crippen LogP contribution is -2.04. The van der Waals surface area contributed by atoms with E-state index in [1.807, 2.05) is 24.3 Å². The zero-order valence-electron chi connectivity index (χ0n) is 13.7. The largest absolute Gasteiger partial charge is 0.497 e. The Morgan fingerprint density at radius 2 is 1.31 bits per heavy atom. The number of nitrogens with zero attached hydrogens (tertiary/aromatic N) is 2. The molecular weight excluding hydrogens is 345 g/mol. The monoisotopic (exact) mass is 360 g/mol. The van der Waals surface area contributed by atoms with E-state index in [-0.39, 0.29) is 0 Å². The molecule has 0 aliphatic rings. The molecule has 0 aliphatic carbocycles. The van der Waals surface area contributed by atoms with E-state index in [1.165, 1.54) is 18.5 Å². The molecule has 0 saturated carbocycles. The Morgan fingerprint density at radius 3 is 1.77 bits per heavy atom. The molecule has 8 heteroatoms. The predicted molar refractivity (Wildman–Crippen MR) is 93.0 cm³/mol. The standard InChI is InChI=1S/C18H15F3N4O/c1-26-15-8-6-14(7-9-15)25-17-10-16(22-11-23-17)24-13-4-2-12(3-5-13)18(19,20)21/h2-11H,1H3,(H2,22,23,24,25). The highest BCUT2D eigenvalue weighted by Crippen LogP contribution is 2.30. The lowest BCUT2D eigenvalue weighted by atomic mass is 10.2. The zero-order valence-corrected chi connectivity index (χ0v) is 13.7. The van der Waals surface area contributed by atoms with Crippen LogP contribution >= 0.6 is 0 Å². The Morgan fingerprint density at radius 1 is 0.808 bits per heavy atom. The van der Waals surface area contributed by atoms with Gasteiger partial charge >= 0.3 is 6.18 Å². The number of alkyl halides is 3. The van der Waals surface area contributed by atoms with Crippen LogP contribution in [-0.2, 0) is 6.18 Å². The summed E-state index contributed by atoms with van der Waals surface area (Å²) in [4.78, 5) is 8.19. The second kappa shape index (κ2) is 7.30. The highest BCUT2D eigenvalue weighted by Gasteiger charge is 2.29. The number of aromatic nitrogens is 2. The van der Waals surface area contributed by atoms with Crippen molar-refractivity contribution in [1.29, 1.82) is 0 Å². The molecule has 0 unspecified atom stereocenters. The van der Waals surface area contributed by atoms with Gasteiger partial charge in [0.25, 0.3) is 0 Å². The van der Waals surface area contributed by atoms with E-state index in [2.05, 4.69) is 20.6 Å². The zero-order chi connectivity index (χ0) is 18.6. The van der Waals surface area contributed by atoms with E-state index in [9.17, 15) is 13.2 Å². The number of benzene rings is 2. The normalized spacial score (nSPS) is 11.1. The van der Waals surface area contributed by atoms with Gasteiger partial charge in [0.05, 0.1) is 12.7 Å². The highest BCUT2D eigenvalue weighted by molar-refractivity contribution is 5.63. The summed E-state index contributed by atoms with van der Waals surface area (Å²) in [6.07, 6.45) is -3.00. The van der Waals surface area contributed by atoms with Crippen molar-refractivity contribution in [3.05, 3.63) is 66.5 Å². The number of ether oxygens (including phenoxy) is 1. The third-order valence-corrected chi connectivity index (χ3v) is 3.51. The van der Waals surface area contributed by atoms with Crippen LogP contribution in [0.2, 0.25) is 0 Å². The van der Waals surface area contributed by atoms with Crippen LogP contribution in [-0.4, -0.2) is 17.1 Å². The molecule has 3 aromatic rings. The van der Waals surface area contributed by atoms with Gasteiger partial charge in [-0.2, -0.15) is 13.2 Å². The minimum Gasteiger partial charge on any atom is -0.497 e. The second-order valence-electron chi connectivity index (χ2n) is 5.34. The molecule has 5 nitrogen and oxygen atoms in total. The van der Waals surface area contributed by atoms with Crippen molar-refractivity contribution >= 4 is 23.0 Å². The van der Waals surface area contributed by atoms with Gasteiger partial charge in [-0.3, -0.25) is 0 Å². The van der Waals surface area contributed by atoms with Crippen molar-refractivity contribution < 1.29 is 17.9 Å². The van der Waals surface area contributed by atoms with E-state index >= 15 is 0 Å². The van der Waals surface area contributed by atoms with Crippen LogP contribution in [0.3, 0.4) is 0 Å². The molecule has 0 saturated heterocycles. The molecule has 0 fully saturated rings. The lowest BCUT2D eigenvalue weighted by Gasteiger charge is -2.10. The van der Waals surface area contributed by atoms with Crippen LogP contribution in [0.15, 0.2) is 60.9 Å². The summed E-state index contributed by atoms with van der Waals surface area (Å²) in [5, 5.41) is 6.06. The fourth-order valence-electron chi connectivity index (χ4n) is 2.21. The third kappa shape index (κ3) is 4.41. The number of rotatable bonds is 5. The van der Waals surface area contributed by atoms with E-state index in [4.69, 9.17) is 4.74 Å². The van der Waals surface area contributed by atoms with Crippen molar-refractivity contribution in [2.24, 2.45) is 0 Å². The van der Waals surface area contributed by atoms with Crippen LogP contribution in [0.25, 0.3) is 0 Å². The number of methoxy groups -OCH3 is 1. The Bertz CT molecular complexity index is 865. The number of anilines is 4. The van der Waals surface area contributed by atoms with Gasteiger partial charge in [0, 0.05) is 17.4 Å².